The number of carbonyl (C=O) groups excluding carboxylic acids is 2. The molecule has 5 heteroatoms. The highest BCUT2D eigenvalue weighted by molar-refractivity contribution is 8.15. The third-order valence-corrected chi connectivity index (χ3v) is 3.42. The fraction of sp³-hybridized carbons (Fsp3) is 0.333. The summed E-state index contributed by atoms with van der Waals surface area (Å²) in [6.07, 6.45) is 0. The zero-order chi connectivity index (χ0) is 12.4. The van der Waals surface area contributed by atoms with Gasteiger partial charge in [0.25, 0.3) is 11.1 Å². The van der Waals surface area contributed by atoms with Crippen molar-refractivity contribution in [2.45, 2.75) is 25.3 Å². The number of amides is 2. The van der Waals surface area contributed by atoms with Crippen LogP contribution in [-0.2, 0) is 4.79 Å². The molecule has 0 aromatic heterocycles. The van der Waals surface area contributed by atoms with E-state index in [-0.39, 0.29) is 17.2 Å². The number of hydrogen-bond acceptors (Lipinski definition) is 4. The Kier molecular flexibility index (Phi) is 3.38. The Morgan fingerprint density at radius 2 is 1.88 bits per heavy atom. The van der Waals surface area contributed by atoms with Crippen LogP contribution in [0.15, 0.2) is 30.3 Å². The van der Waals surface area contributed by atoms with Gasteiger partial charge in [-0.05, 0) is 37.7 Å². The van der Waals surface area contributed by atoms with E-state index in [1.807, 2.05) is 44.2 Å². The molecule has 1 aliphatic rings. The van der Waals surface area contributed by atoms with Gasteiger partial charge in [-0.1, -0.05) is 18.2 Å². The molecule has 0 saturated carbocycles. The standard InChI is InChI=1S/C12H14N2O2S/c1-8(2)14-11(15)10(17-12(14)16)13-9-6-4-3-5-7-9/h3-8,10,13H,1-2H3/t10-/m0/s1. The molecule has 1 aliphatic heterocycles. The second kappa shape index (κ2) is 4.79. The summed E-state index contributed by atoms with van der Waals surface area (Å²) in [7, 11) is 0. The maximum absolute atomic E-state index is 12.0. The first-order chi connectivity index (χ1) is 8.09. The first-order valence-electron chi connectivity index (χ1n) is 5.45. The molecule has 1 atom stereocenters. The average molecular weight is 250 g/mol. The van der Waals surface area contributed by atoms with Crippen LogP contribution in [0.1, 0.15) is 13.8 Å². The molecule has 1 heterocycles. The van der Waals surface area contributed by atoms with Crippen LogP contribution in [0.4, 0.5) is 10.5 Å². The third kappa shape index (κ3) is 2.44. The second-order valence-electron chi connectivity index (χ2n) is 4.08. The lowest BCUT2D eigenvalue weighted by atomic mass is 10.3. The van der Waals surface area contributed by atoms with E-state index in [9.17, 15) is 9.59 Å². The molecule has 0 radical (unpaired) electrons. The van der Waals surface area contributed by atoms with E-state index in [4.69, 9.17) is 0 Å². The van der Waals surface area contributed by atoms with Crippen molar-refractivity contribution in [2.75, 3.05) is 5.32 Å². The van der Waals surface area contributed by atoms with Gasteiger partial charge in [-0.3, -0.25) is 14.5 Å². The number of imide groups is 1. The summed E-state index contributed by atoms with van der Waals surface area (Å²) < 4.78 is 0. The predicted molar refractivity (Wildman–Crippen MR) is 68.8 cm³/mol. The predicted octanol–water partition coefficient (Wildman–Crippen LogP) is 2.53. The quantitative estimate of drug-likeness (QED) is 0.895. The summed E-state index contributed by atoms with van der Waals surface area (Å²) in [5.41, 5.74) is 0.844. The van der Waals surface area contributed by atoms with Gasteiger partial charge in [0, 0.05) is 11.7 Å². The van der Waals surface area contributed by atoms with Gasteiger partial charge in [0.05, 0.1) is 0 Å². The molecule has 0 aliphatic carbocycles. The van der Waals surface area contributed by atoms with E-state index in [1.54, 1.807) is 0 Å². The highest BCUT2D eigenvalue weighted by atomic mass is 32.2. The van der Waals surface area contributed by atoms with E-state index in [1.165, 1.54) is 4.90 Å². The minimum atomic E-state index is -0.507. The Morgan fingerprint density at radius 3 is 2.41 bits per heavy atom. The van der Waals surface area contributed by atoms with Crippen molar-refractivity contribution in [1.82, 2.24) is 4.90 Å². The van der Waals surface area contributed by atoms with Gasteiger partial charge in [0.1, 0.15) is 0 Å². The van der Waals surface area contributed by atoms with Gasteiger partial charge in [-0.15, -0.1) is 0 Å². The Labute approximate surface area is 104 Å². The van der Waals surface area contributed by atoms with Crippen LogP contribution in [-0.4, -0.2) is 27.5 Å². The molecule has 2 amide bonds. The molecule has 4 nitrogen and oxygen atoms in total. The van der Waals surface area contributed by atoms with Crippen LogP contribution in [0.5, 0.6) is 0 Å². The summed E-state index contributed by atoms with van der Waals surface area (Å²) in [6.45, 7) is 3.67. The fourth-order valence-corrected chi connectivity index (χ4v) is 2.69. The highest BCUT2D eigenvalue weighted by Crippen LogP contribution is 2.29. The van der Waals surface area contributed by atoms with Crippen molar-refractivity contribution < 1.29 is 9.59 Å². The van der Waals surface area contributed by atoms with Gasteiger partial charge < -0.3 is 5.32 Å². The molecule has 1 fully saturated rings. The largest absolute Gasteiger partial charge is 0.365 e. The SMILES string of the molecule is CC(C)N1C(=O)S[C@H](Nc2ccccc2)C1=O. The Bertz CT molecular complexity index is 433. The average Bonchev–Trinajstić information content (AvgIpc) is 2.55. The number of thioether (sulfide) groups is 1. The van der Waals surface area contributed by atoms with Gasteiger partial charge in [-0.2, -0.15) is 0 Å². The monoisotopic (exact) mass is 250 g/mol. The van der Waals surface area contributed by atoms with E-state index in [0.717, 1.165) is 17.4 Å². The molecule has 1 N–H and O–H groups in total. The van der Waals surface area contributed by atoms with Crippen molar-refractivity contribution >= 4 is 28.6 Å². The lowest BCUT2D eigenvalue weighted by Gasteiger charge is -2.18. The minimum absolute atomic E-state index is 0.0925. The van der Waals surface area contributed by atoms with Crippen LogP contribution in [0, 0.1) is 0 Å². The Balaban J connectivity index is 2.10. The first-order valence-corrected chi connectivity index (χ1v) is 6.33. The van der Waals surface area contributed by atoms with Crippen molar-refractivity contribution in [3.05, 3.63) is 30.3 Å². The number of para-hydroxylation sites is 1. The summed E-state index contributed by atoms with van der Waals surface area (Å²) in [4.78, 5) is 24.9. The van der Waals surface area contributed by atoms with E-state index in [2.05, 4.69) is 5.32 Å². The van der Waals surface area contributed by atoms with Crippen molar-refractivity contribution in [3.63, 3.8) is 0 Å². The molecule has 0 bridgehead atoms. The maximum atomic E-state index is 12.0. The van der Waals surface area contributed by atoms with Gasteiger partial charge in [0.15, 0.2) is 5.37 Å². The van der Waals surface area contributed by atoms with Crippen LogP contribution in [0.25, 0.3) is 0 Å². The molecule has 17 heavy (non-hydrogen) atoms. The molecular formula is C12H14N2O2S. The first kappa shape index (κ1) is 12.0. The Morgan fingerprint density at radius 1 is 1.24 bits per heavy atom. The molecule has 1 aromatic rings. The van der Waals surface area contributed by atoms with Crippen molar-refractivity contribution in [1.29, 1.82) is 0 Å². The van der Waals surface area contributed by atoms with Crippen LogP contribution < -0.4 is 5.32 Å². The van der Waals surface area contributed by atoms with Crippen LogP contribution in [0.2, 0.25) is 0 Å². The molecule has 1 aromatic carbocycles. The molecule has 0 unspecified atom stereocenters. The number of hydrogen-bond donors (Lipinski definition) is 1. The summed E-state index contributed by atoms with van der Waals surface area (Å²) >= 11 is 1.03. The van der Waals surface area contributed by atoms with Crippen LogP contribution >= 0.6 is 11.8 Å². The lowest BCUT2D eigenvalue weighted by molar-refractivity contribution is -0.127. The topological polar surface area (TPSA) is 49.4 Å². The smallest absolute Gasteiger partial charge is 0.291 e. The number of carbonyl (C=O) groups is 2. The zero-order valence-electron chi connectivity index (χ0n) is 9.71. The third-order valence-electron chi connectivity index (χ3n) is 2.47. The normalized spacial score (nSPS) is 20.2. The summed E-state index contributed by atoms with van der Waals surface area (Å²) in [5, 5.41) is 2.37. The van der Waals surface area contributed by atoms with Gasteiger partial charge in [0.2, 0.25) is 0 Å². The number of nitrogens with one attached hydrogen (secondary N) is 1. The summed E-state index contributed by atoms with van der Waals surface area (Å²) in [6, 6.07) is 9.32. The summed E-state index contributed by atoms with van der Waals surface area (Å²) in [5.74, 6) is -0.168. The van der Waals surface area contributed by atoms with Gasteiger partial charge >= 0.3 is 0 Å². The van der Waals surface area contributed by atoms with Crippen molar-refractivity contribution in [3.8, 4) is 0 Å². The fourth-order valence-electron chi connectivity index (χ4n) is 1.67. The van der Waals surface area contributed by atoms with Gasteiger partial charge in [-0.25, -0.2) is 0 Å². The molecular weight excluding hydrogens is 236 g/mol. The number of anilines is 1. The lowest BCUT2D eigenvalue weighted by Crippen LogP contribution is -2.38. The van der Waals surface area contributed by atoms with E-state index in [0.29, 0.717) is 0 Å². The number of benzene rings is 1. The minimum Gasteiger partial charge on any atom is -0.365 e. The molecule has 1 saturated heterocycles. The zero-order valence-corrected chi connectivity index (χ0v) is 10.5. The van der Waals surface area contributed by atoms with E-state index >= 15 is 0 Å². The Hall–Kier alpha value is -1.49. The molecule has 90 valence electrons. The number of rotatable bonds is 3. The van der Waals surface area contributed by atoms with Crippen molar-refractivity contribution in [2.24, 2.45) is 0 Å². The highest BCUT2D eigenvalue weighted by Gasteiger charge is 2.40. The van der Waals surface area contributed by atoms with E-state index < -0.39 is 5.37 Å². The maximum Gasteiger partial charge on any atom is 0.291 e. The second-order valence-corrected chi connectivity index (χ2v) is 5.13. The molecule has 0 spiro atoms. The molecule has 2 rings (SSSR count). The van der Waals surface area contributed by atoms with Crippen LogP contribution in [0.3, 0.4) is 0 Å². The number of nitrogens with zero attached hydrogens (tertiary/aromatic N) is 1.